The van der Waals surface area contributed by atoms with E-state index in [1.54, 1.807) is 0 Å². The Bertz CT molecular complexity index is 69.4. The lowest BCUT2D eigenvalue weighted by Crippen LogP contribution is -2.52. The third-order valence-electron chi connectivity index (χ3n) is 0.616. The van der Waals surface area contributed by atoms with E-state index in [1.807, 2.05) is 0 Å². The summed E-state index contributed by atoms with van der Waals surface area (Å²) in [4.78, 5) is 0. The van der Waals surface area contributed by atoms with Gasteiger partial charge in [0.05, 0.1) is 5.38 Å². The van der Waals surface area contributed by atoms with Crippen LogP contribution in [0.1, 0.15) is 0 Å². The molecule has 0 rings (SSSR count). The van der Waals surface area contributed by atoms with Crippen molar-refractivity contribution in [3.63, 3.8) is 0 Å². The maximum absolute atomic E-state index is 5.43. The van der Waals surface area contributed by atoms with Crippen LogP contribution in [-0.2, 0) is 0 Å². The van der Waals surface area contributed by atoms with E-state index in [0.29, 0.717) is 0 Å². The maximum Gasteiger partial charge on any atom is 0.159 e. The van der Waals surface area contributed by atoms with E-state index < -0.39 is 10.5 Å². The first kappa shape index (κ1) is 8.79. The van der Waals surface area contributed by atoms with Crippen LogP contribution in [-0.4, -0.2) is 16.4 Å². The van der Waals surface area contributed by atoms with Crippen LogP contribution >= 0.6 is 34.8 Å². The molecule has 1 unspecified atom stereocenters. The van der Waals surface area contributed by atoms with Crippen LogP contribution in [0.3, 0.4) is 0 Å². The number of halogens is 3. The molecule has 0 aromatic carbocycles. The minimum absolute atomic E-state index is 0.151. The Morgan fingerprint density at radius 3 is 1.88 bits per heavy atom. The summed E-state index contributed by atoms with van der Waals surface area (Å²) in [6.07, 6.45) is 0. The highest BCUT2D eigenvalue weighted by Gasteiger charge is 2.24. The highest BCUT2D eigenvalue weighted by Crippen LogP contribution is 2.12. The van der Waals surface area contributed by atoms with Crippen molar-refractivity contribution < 1.29 is 0 Å². The van der Waals surface area contributed by atoms with Gasteiger partial charge in [0.2, 0.25) is 0 Å². The van der Waals surface area contributed by atoms with Gasteiger partial charge < -0.3 is 0 Å². The zero-order valence-corrected chi connectivity index (χ0v) is 6.34. The van der Waals surface area contributed by atoms with Crippen molar-refractivity contribution in [3.8, 4) is 0 Å². The van der Waals surface area contributed by atoms with Gasteiger partial charge >= 0.3 is 0 Å². The van der Waals surface area contributed by atoms with Gasteiger partial charge in [0, 0.05) is 5.88 Å². The zero-order valence-electron chi connectivity index (χ0n) is 4.07. The first-order valence-electron chi connectivity index (χ1n) is 1.95. The van der Waals surface area contributed by atoms with Crippen LogP contribution in [0.25, 0.3) is 0 Å². The Kier molecular flexibility index (Phi) is 3.39. The van der Waals surface area contributed by atoms with Crippen molar-refractivity contribution in [2.45, 2.75) is 10.5 Å². The second kappa shape index (κ2) is 3.08. The molecule has 0 saturated carbocycles. The summed E-state index contributed by atoms with van der Waals surface area (Å²) >= 11 is 16.0. The molecule has 0 aromatic rings. The summed E-state index contributed by atoms with van der Waals surface area (Å²) < 4.78 is 0. The fourth-order valence-corrected chi connectivity index (χ4v) is 0.530. The predicted octanol–water partition coefficient (Wildman–Crippen LogP) is 0.643. The van der Waals surface area contributed by atoms with Crippen LogP contribution in [0.4, 0.5) is 0 Å². The average molecular weight is 177 g/mol. The van der Waals surface area contributed by atoms with Gasteiger partial charge in [-0.25, -0.2) is 0 Å². The molecule has 5 heteroatoms. The molecule has 0 spiro atoms. The van der Waals surface area contributed by atoms with Crippen molar-refractivity contribution in [1.29, 1.82) is 0 Å². The SMILES string of the molecule is NC(N)(Cl)C(Cl)CCl. The Morgan fingerprint density at radius 1 is 1.50 bits per heavy atom. The lowest BCUT2D eigenvalue weighted by molar-refractivity contribution is 0.617. The normalized spacial score (nSPS) is 16.1. The molecular formula is C3H7Cl3N2. The molecule has 2 nitrogen and oxygen atoms in total. The van der Waals surface area contributed by atoms with Crippen molar-refractivity contribution in [3.05, 3.63) is 0 Å². The number of rotatable bonds is 2. The van der Waals surface area contributed by atoms with Gasteiger partial charge in [-0.15, -0.1) is 23.2 Å². The molecule has 0 heterocycles. The molecule has 0 saturated heterocycles. The molecule has 4 N–H and O–H groups in total. The van der Waals surface area contributed by atoms with Crippen LogP contribution in [0, 0.1) is 0 Å². The van der Waals surface area contributed by atoms with E-state index in [9.17, 15) is 0 Å². The van der Waals surface area contributed by atoms with Gasteiger partial charge in [-0.2, -0.15) is 0 Å². The molecule has 0 aliphatic carbocycles. The van der Waals surface area contributed by atoms with Crippen LogP contribution in [0.15, 0.2) is 0 Å². The largest absolute Gasteiger partial charge is 0.299 e. The standard InChI is InChI=1S/C3H7Cl3N2/c4-1-2(5)3(6,7)8/h2H,1,7-8H2. The maximum atomic E-state index is 5.43. The average Bonchev–Trinajstić information content (AvgIpc) is 1.62. The van der Waals surface area contributed by atoms with Crippen molar-refractivity contribution in [2.75, 3.05) is 5.88 Å². The molecule has 1 atom stereocenters. The van der Waals surface area contributed by atoms with E-state index in [-0.39, 0.29) is 5.88 Å². The zero-order chi connectivity index (χ0) is 6.78. The van der Waals surface area contributed by atoms with Gasteiger partial charge in [0.25, 0.3) is 0 Å². The van der Waals surface area contributed by atoms with Crippen molar-refractivity contribution >= 4 is 34.8 Å². The van der Waals surface area contributed by atoms with Gasteiger partial charge in [-0.1, -0.05) is 11.6 Å². The first-order valence-corrected chi connectivity index (χ1v) is 3.30. The Balaban J connectivity index is 3.62. The molecule has 0 bridgehead atoms. The molecule has 0 aliphatic heterocycles. The molecule has 0 fully saturated rings. The fraction of sp³-hybridized carbons (Fsp3) is 1.00. The van der Waals surface area contributed by atoms with Crippen molar-refractivity contribution in [2.24, 2.45) is 11.5 Å². The summed E-state index contributed by atoms with van der Waals surface area (Å²) in [6.45, 7) is 0. The highest BCUT2D eigenvalue weighted by atomic mass is 35.5. The summed E-state index contributed by atoms with van der Waals surface area (Å²) in [7, 11) is 0. The number of hydrogen-bond donors (Lipinski definition) is 2. The lowest BCUT2D eigenvalue weighted by atomic mass is 10.4. The summed E-state index contributed by atoms with van der Waals surface area (Å²) in [5.41, 5.74) is 10.2. The second-order valence-electron chi connectivity index (χ2n) is 1.45. The highest BCUT2D eigenvalue weighted by molar-refractivity contribution is 6.35. The number of alkyl halides is 3. The Hall–Kier alpha value is 0.790. The van der Waals surface area contributed by atoms with Gasteiger partial charge in [-0.05, 0) is 0 Å². The molecule has 0 aliphatic rings. The molecule has 50 valence electrons. The van der Waals surface area contributed by atoms with E-state index in [0.717, 1.165) is 0 Å². The third-order valence-corrected chi connectivity index (χ3v) is 1.97. The van der Waals surface area contributed by atoms with Crippen LogP contribution in [0.2, 0.25) is 0 Å². The quantitative estimate of drug-likeness (QED) is 0.370. The van der Waals surface area contributed by atoms with E-state index in [2.05, 4.69) is 0 Å². The molecular weight excluding hydrogens is 170 g/mol. The summed E-state index contributed by atoms with van der Waals surface area (Å²) in [6, 6.07) is 0. The second-order valence-corrected chi connectivity index (χ2v) is 2.94. The minimum atomic E-state index is -1.39. The number of nitrogens with two attached hydrogens (primary N) is 2. The molecule has 0 amide bonds. The fourth-order valence-electron chi connectivity index (χ4n) is 0.118. The van der Waals surface area contributed by atoms with Gasteiger partial charge in [0.15, 0.2) is 5.12 Å². The van der Waals surface area contributed by atoms with Gasteiger partial charge in [-0.3, -0.25) is 11.5 Å². The van der Waals surface area contributed by atoms with Gasteiger partial charge in [0.1, 0.15) is 0 Å². The summed E-state index contributed by atoms with van der Waals surface area (Å²) in [5.74, 6) is 0.151. The lowest BCUT2D eigenvalue weighted by Gasteiger charge is -2.19. The number of hydrogen-bond acceptors (Lipinski definition) is 2. The topological polar surface area (TPSA) is 52.0 Å². The first-order chi connectivity index (χ1) is 3.48. The Labute approximate surface area is 63.1 Å². The van der Waals surface area contributed by atoms with Crippen molar-refractivity contribution in [1.82, 2.24) is 0 Å². The Morgan fingerprint density at radius 2 is 1.88 bits per heavy atom. The molecule has 0 radical (unpaired) electrons. The van der Waals surface area contributed by atoms with E-state index in [1.165, 1.54) is 0 Å². The van der Waals surface area contributed by atoms with E-state index >= 15 is 0 Å². The molecule has 8 heavy (non-hydrogen) atoms. The monoisotopic (exact) mass is 176 g/mol. The van der Waals surface area contributed by atoms with E-state index in [4.69, 9.17) is 46.3 Å². The van der Waals surface area contributed by atoms with Crippen LogP contribution in [0.5, 0.6) is 0 Å². The van der Waals surface area contributed by atoms with Crippen LogP contribution < -0.4 is 11.5 Å². The summed E-state index contributed by atoms with van der Waals surface area (Å²) in [5, 5.41) is -1.98. The minimum Gasteiger partial charge on any atom is -0.299 e. The molecule has 0 aromatic heterocycles. The third kappa shape index (κ3) is 2.95. The predicted molar refractivity (Wildman–Crippen MR) is 37.3 cm³/mol. The smallest absolute Gasteiger partial charge is 0.159 e.